The van der Waals surface area contributed by atoms with Gasteiger partial charge in [0.25, 0.3) is 0 Å². The number of hydrogen-bond donors (Lipinski definition) is 0. The van der Waals surface area contributed by atoms with Crippen LogP contribution in [-0.2, 0) is 4.79 Å². The molecule has 1 aromatic carbocycles. The summed E-state index contributed by atoms with van der Waals surface area (Å²) in [6.45, 7) is 2.15. The number of aldehydes is 1. The predicted molar refractivity (Wildman–Crippen MR) is 62.1 cm³/mol. The number of carbonyl (C=O) groups is 1. The number of nitrogens with zero attached hydrogens (tertiary/aromatic N) is 1. The molecule has 2 rings (SSSR count). The van der Waals surface area contributed by atoms with Gasteiger partial charge in [0.15, 0.2) is 0 Å². The standard InChI is InChI=1S/C13H17NO/c15-10-8-12-5-4-9-14(11-12)13-6-2-1-3-7-13/h1-3,6-7,10,12H,4-5,8-9,11H2. The fourth-order valence-corrected chi connectivity index (χ4v) is 2.27. The van der Waals surface area contributed by atoms with Crippen molar-refractivity contribution in [2.45, 2.75) is 19.3 Å². The third kappa shape index (κ3) is 2.58. The maximum absolute atomic E-state index is 10.5. The molecule has 1 atom stereocenters. The zero-order valence-corrected chi connectivity index (χ0v) is 8.93. The van der Waals surface area contributed by atoms with Crippen LogP contribution in [0.15, 0.2) is 30.3 Å². The van der Waals surface area contributed by atoms with Gasteiger partial charge in [-0.15, -0.1) is 0 Å². The van der Waals surface area contributed by atoms with Gasteiger partial charge in [0.2, 0.25) is 0 Å². The van der Waals surface area contributed by atoms with E-state index in [2.05, 4.69) is 29.2 Å². The molecule has 0 amide bonds. The van der Waals surface area contributed by atoms with Crippen molar-refractivity contribution in [2.75, 3.05) is 18.0 Å². The average Bonchev–Trinajstić information content (AvgIpc) is 2.31. The van der Waals surface area contributed by atoms with Gasteiger partial charge in [-0.25, -0.2) is 0 Å². The highest BCUT2D eigenvalue weighted by molar-refractivity contribution is 5.51. The Balaban J connectivity index is 2.01. The van der Waals surface area contributed by atoms with E-state index < -0.39 is 0 Å². The molecule has 2 nitrogen and oxygen atoms in total. The molecular formula is C13H17NO. The van der Waals surface area contributed by atoms with Crippen molar-refractivity contribution in [3.8, 4) is 0 Å². The molecule has 0 saturated carbocycles. The van der Waals surface area contributed by atoms with E-state index in [-0.39, 0.29) is 0 Å². The molecule has 15 heavy (non-hydrogen) atoms. The van der Waals surface area contributed by atoms with E-state index in [1.54, 1.807) is 0 Å². The number of rotatable bonds is 3. The quantitative estimate of drug-likeness (QED) is 0.703. The molecule has 0 aromatic heterocycles. The highest BCUT2D eigenvalue weighted by Crippen LogP contribution is 2.23. The van der Waals surface area contributed by atoms with Crippen molar-refractivity contribution < 1.29 is 4.79 Å². The first kappa shape index (κ1) is 10.2. The van der Waals surface area contributed by atoms with Crippen LogP contribution in [0, 0.1) is 5.92 Å². The van der Waals surface area contributed by atoms with Gasteiger partial charge in [-0.2, -0.15) is 0 Å². The van der Waals surface area contributed by atoms with Crippen LogP contribution in [0.4, 0.5) is 5.69 Å². The molecule has 0 bridgehead atoms. The van der Waals surface area contributed by atoms with E-state index in [0.717, 1.165) is 19.4 Å². The van der Waals surface area contributed by atoms with Gasteiger partial charge in [0, 0.05) is 25.2 Å². The lowest BCUT2D eigenvalue weighted by Crippen LogP contribution is -2.35. The van der Waals surface area contributed by atoms with Gasteiger partial charge < -0.3 is 9.69 Å². The van der Waals surface area contributed by atoms with Gasteiger partial charge in [-0.05, 0) is 30.9 Å². The molecule has 1 aliphatic rings. The van der Waals surface area contributed by atoms with Crippen molar-refractivity contribution >= 4 is 12.0 Å². The molecule has 1 saturated heterocycles. The molecule has 0 N–H and O–H groups in total. The maximum atomic E-state index is 10.5. The summed E-state index contributed by atoms with van der Waals surface area (Å²) in [5.41, 5.74) is 1.29. The number of hydrogen-bond acceptors (Lipinski definition) is 2. The number of benzene rings is 1. The summed E-state index contributed by atoms with van der Waals surface area (Å²) in [4.78, 5) is 12.9. The Kier molecular flexibility index (Phi) is 3.38. The molecule has 2 heteroatoms. The van der Waals surface area contributed by atoms with Gasteiger partial charge in [0.1, 0.15) is 6.29 Å². The highest BCUT2D eigenvalue weighted by atomic mass is 16.1. The van der Waals surface area contributed by atoms with Crippen molar-refractivity contribution in [1.29, 1.82) is 0 Å². The van der Waals surface area contributed by atoms with Crippen LogP contribution in [0.25, 0.3) is 0 Å². The summed E-state index contributed by atoms with van der Waals surface area (Å²) in [7, 11) is 0. The van der Waals surface area contributed by atoms with E-state index in [1.807, 2.05) is 6.07 Å². The molecular weight excluding hydrogens is 186 g/mol. The zero-order chi connectivity index (χ0) is 10.5. The molecule has 1 heterocycles. The van der Waals surface area contributed by atoms with Crippen LogP contribution in [0.5, 0.6) is 0 Å². The first-order chi connectivity index (χ1) is 7.40. The summed E-state index contributed by atoms with van der Waals surface area (Å²) in [5, 5.41) is 0. The second-order valence-electron chi connectivity index (χ2n) is 4.19. The Morgan fingerprint density at radius 1 is 1.33 bits per heavy atom. The lowest BCUT2D eigenvalue weighted by Gasteiger charge is -2.33. The third-order valence-electron chi connectivity index (χ3n) is 3.07. The average molecular weight is 203 g/mol. The Bertz CT molecular complexity index is 310. The van der Waals surface area contributed by atoms with Gasteiger partial charge in [0.05, 0.1) is 0 Å². The monoisotopic (exact) mass is 203 g/mol. The minimum absolute atomic E-state index is 0.552. The van der Waals surface area contributed by atoms with Crippen molar-refractivity contribution in [3.05, 3.63) is 30.3 Å². The van der Waals surface area contributed by atoms with Crippen LogP contribution >= 0.6 is 0 Å². The van der Waals surface area contributed by atoms with E-state index in [4.69, 9.17) is 0 Å². The molecule has 0 radical (unpaired) electrons. The number of carbonyl (C=O) groups excluding carboxylic acids is 1. The van der Waals surface area contributed by atoms with E-state index >= 15 is 0 Å². The Hall–Kier alpha value is -1.31. The fourth-order valence-electron chi connectivity index (χ4n) is 2.27. The van der Waals surface area contributed by atoms with Crippen molar-refractivity contribution in [2.24, 2.45) is 5.92 Å². The van der Waals surface area contributed by atoms with Crippen LogP contribution < -0.4 is 4.90 Å². The lowest BCUT2D eigenvalue weighted by atomic mass is 9.95. The Labute approximate surface area is 90.9 Å². The van der Waals surface area contributed by atoms with Crippen LogP contribution in [0.1, 0.15) is 19.3 Å². The second kappa shape index (κ2) is 4.96. The largest absolute Gasteiger partial charge is 0.371 e. The van der Waals surface area contributed by atoms with E-state index in [9.17, 15) is 4.79 Å². The molecule has 1 unspecified atom stereocenters. The van der Waals surface area contributed by atoms with Crippen molar-refractivity contribution in [1.82, 2.24) is 0 Å². The second-order valence-corrected chi connectivity index (χ2v) is 4.19. The normalized spacial score (nSPS) is 21.3. The van der Waals surface area contributed by atoms with Gasteiger partial charge in [-0.1, -0.05) is 18.2 Å². The third-order valence-corrected chi connectivity index (χ3v) is 3.07. The van der Waals surface area contributed by atoms with Crippen molar-refractivity contribution in [3.63, 3.8) is 0 Å². The van der Waals surface area contributed by atoms with Crippen LogP contribution in [-0.4, -0.2) is 19.4 Å². The molecule has 1 aromatic rings. The number of piperidine rings is 1. The van der Waals surface area contributed by atoms with Crippen LogP contribution in [0.3, 0.4) is 0 Å². The summed E-state index contributed by atoms with van der Waals surface area (Å²) in [5.74, 6) is 0.552. The molecule has 1 aliphatic heterocycles. The molecule has 80 valence electrons. The minimum atomic E-state index is 0.552. The van der Waals surface area contributed by atoms with E-state index in [0.29, 0.717) is 12.3 Å². The zero-order valence-electron chi connectivity index (χ0n) is 8.93. The van der Waals surface area contributed by atoms with Gasteiger partial charge >= 0.3 is 0 Å². The Morgan fingerprint density at radius 2 is 2.13 bits per heavy atom. The highest BCUT2D eigenvalue weighted by Gasteiger charge is 2.19. The Morgan fingerprint density at radius 3 is 2.87 bits per heavy atom. The number of anilines is 1. The smallest absolute Gasteiger partial charge is 0.120 e. The minimum Gasteiger partial charge on any atom is -0.371 e. The van der Waals surface area contributed by atoms with Crippen LogP contribution in [0.2, 0.25) is 0 Å². The lowest BCUT2D eigenvalue weighted by molar-refractivity contribution is -0.108. The first-order valence-corrected chi connectivity index (χ1v) is 5.64. The van der Waals surface area contributed by atoms with Gasteiger partial charge in [-0.3, -0.25) is 0 Å². The SMILES string of the molecule is O=CCC1CCCN(c2ccccc2)C1. The molecule has 0 spiro atoms. The summed E-state index contributed by atoms with van der Waals surface area (Å²) < 4.78 is 0. The molecule has 1 fully saturated rings. The van der Waals surface area contributed by atoms with E-state index in [1.165, 1.54) is 18.5 Å². The fraction of sp³-hybridized carbons (Fsp3) is 0.462. The predicted octanol–water partition coefficient (Wildman–Crippen LogP) is 2.49. The topological polar surface area (TPSA) is 20.3 Å². The first-order valence-electron chi connectivity index (χ1n) is 5.64. The summed E-state index contributed by atoms with van der Waals surface area (Å²) in [6.07, 6.45) is 4.16. The summed E-state index contributed by atoms with van der Waals surface area (Å²) in [6, 6.07) is 10.5. The molecule has 0 aliphatic carbocycles. The summed E-state index contributed by atoms with van der Waals surface area (Å²) >= 11 is 0. The number of para-hydroxylation sites is 1. The maximum Gasteiger partial charge on any atom is 0.120 e.